The Hall–Kier alpha value is -2.22. The summed E-state index contributed by atoms with van der Waals surface area (Å²) in [5.74, 6) is -0.200. The summed E-state index contributed by atoms with van der Waals surface area (Å²) in [6.45, 7) is 7.46. The second kappa shape index (κ2) is 9.64. The monoisotopic (exact) mass is 389 g/mol. The van der Waals surface area contributed by atoms with Gasteiger partial charge < -0.3 is 5.32 Å². The molecule has 2 N–H and O–H groups in total. The van der Waals surface area contributed by atoms with Crippen molar-refractivity contribution < 1.29 is 13.2 Å². The van der Waals surface area contributed by atoms with E-state index in [9.17, 15) is 13.2 Å². The fourth-order valence-corrected chi connectivity index (χ4v) is 4.03. The van der Waals surface area contributed by atoms with Crippen molar-refractivity contribution in [2.24, 2.45) is 0 Å². The first-order valence-electron chi connectivity index (χ1n) is 9.03. The quantitative estimate of drug-likeness (QED) is 0.691. The molecule has 146 valence electrons. The number of anilines is 1. The molecule has 0 radical (unpaired) electrons. The first kappa shape index (κ1) is 21.1. The Morgan fingerprint density at radius 3 is 2.11 bits per heavy atom. The van der Waals surface area contributed by atoms with E-state index in [1.165, 1.54) is 19.1 Å². The van der Waals surface area contributed by atoms with Crippen LogP contribution in [0.4, 0.5) is 5.69 Å². The molecule has 0 spiro atoms. The standard InChI is InChI=1S/C20H27N3O3S/c1-4-23(5-2)20(17-9-7-6-8-10-17)15-21-27(25,26)19-13-11-18(12-14-19)22-16(3)24/h6-14,20-21H,4-5,15H2,1-3H3,(H,22,24). The minimum Gasteiger partial charge on any atom is -0.326 e. The summed E-state index contributed by atoms with van der Waals surface area (Å²) in [5.41, 5.74) is 1.64. The fraction of sp³-hybridized carbons (Fsp3) is 0.350. The first-order chi connectivity index (χ1) is 12.9. The van der Waals surface area contributed by atoms with Crippen molar-refractivity contribution in [1.82, 2.24) is 9.62 Å². The zero-order valence-electron chi connectivity index (χ0n) is 16.0. The number of hydrogen-bond donors (Lipinski definition) is 2. The third kappa shape index (κ3) is 5.89. The van der Waals surface area contributed by atoms with Crippen LogP contribution in [0.1, 0.15) is 32.4 Å². The van der Waals surface area contributed by atoms with Gasteiger partial charge in [-0.15, -0.1) is 0 Å². The normalized spacial score (nSPS) is 12.7. The van der Waals surface area contributed by atoms with E-state index in [4.69, 9.17) is 0 Å². The Balaban J connectivity index is 2.16. The van der Waals surface area contributed by atoms with Gasteiger partial charge in [-0.1, -0.05) is 44.2 Å². The Morgan fingerprint density at radius 1 is 1.00 bits per heavy atom. The van der Waals surface area contributed by atoms with E-state index in [2.05, 4.69) is 28.8 Å². The SMILES string of the molecule is CCN(CC)C(CNS(=O)(=O)c1ccc(NC(C)=O)cc1)c1ccccc1. The third-order valence-electron chi connectivity index (χ3n) is 4.39. The van der Waals surface area contributed by atoms with Crippen molar-refractivity contribution in [3.8, 4) is 0 Å². The molecule has 1 atom stereocenters. The molecule has 0 fully saturated rings. The maximum Gasteiger partial charge on any atom is 0.240 e. The van der Waals surface area contributed by atoms with Gasteiger partial charge >= 0.3 is 0 Å². The van der Waals surface area contributed by atoms with Crippen LogP contribution in [0.15, 0.2) is 59.5 Å². The van der Waals surface area contributed by atoms with E-state index < -0.39 is 10.0 Å². The third-order valence-corrected chi connectivity index (χ3v) is 5.83. The summed E-state index contributed by atoms with van der Waals surface area (Å²) in [7, 11) is -3.65. The lowest BCUT2D eigenvalue weighted by atomic mass is 10.1. The van der Waals surface area contributed by atoms with Gasteiger partial charge in [0.05, 0.1) is 4.90 Å². The van der Waals surface area contributed by atoms with Crippen molar-refractivity contribution in [1.29, 1.82) is 0 Å². The van der Waals surface area contributed by atoms with Crippen molar-refractivity contribution in [2.75, 3.05) is 25.0 Å². The average molecular weight is 390 g/mol. The summed E-state index contributed by atoms with van der Waals surface area (Å²) in [4.78, 5) is 13.5. The molecule has 0 aromatic heterocycles. The smallest absolute Gasteiger partial charge is 0.240 e. The van der Waals surface area contributed by atoms with Gasteiger partial charge in [-0.2, -0.15) is 0 Å². The molecule has 0 saturated heterocycles. The fourth-order valence-electron chi connectivity index (χ4n) is 2.99. The van der Waals surface area contributed by atoms with E-state index >= 15 is 0 Å². The van der Waals surface area contributed by atoms with Gasteiger partial charge in [0, 0.05) is 25.2 Å². The number of amides is 1. The maximum absolute atomic E-state index is 12.7. The molecular weight excluding hydrogens is 362 g/mol. The second-order valence-electron chi connectivity index (χ2n) is 6.21. The molecule has 2 aromatic rings. The minimum atomic E-state index is -3.65. The molecule has 7 heteroatoms. The molecule has 0 aliphatic heterocycles. The van der Waals surface area contributed by atoms with Gasteiger partial charge in [0.1, 0.15) is 0 Å². The minimum absolute atomic E-state index is 0.0466. The van der Waals surface area contributed by atoms with Crippen molar-refractivity contribution in [3.63, 3.8) is 0 Å². The predicted octanol–water partition coefficient (Wildman–Crippen LogP) is 3.01. The lowest BCUT2D eigenvalue weighted by Gasteiger charge is -2.30. The number of sulfonamides is 1. The van der Waals surface area contributed by atoms with Gasteiger partial charge in [0.2, 0.25) is 15.9 Å². The number of nitrogens with one attached hydrogen (secondary N) is 2. The molecule has 0 heterocycles. The molecule has 2 aromatic carbocycles. The van der Waals surface area contributed by atoms with Crippen molar-refractivity contribution >= 4 is 21.6 Å². The van der Waals surface area contributed by atoms with Gasteiger partial charge in [0.25, 0.3) is 0 Å². The molecule has 2 rings (SSSR count). The van der Waals surface area contributed by atoms with Crippen LogP contribution < -0.4 is 10.0 Å². The molecule has 27 heavy (non-hydrogen) atoms. The summed E-state index contributed by atoms with van der Waals surface area (Å²) in [6, 6.07) is 16.0. The number of carbonyl (C=O) groups excluding carboxylic acids is 1. The Bertz CT molecular complexity index is 833. The zero-order chi connectivity index (χ0) is 19.9. The number of carbonyl (C=O) groups is 1. The summed E-state index contributed by atoms with van der Waals surface area (Å²) < 4.78 is 28.1. The first-order valence-corrected chi connectivity index (χ1v) is 10.5. The number of rotatable bonds is 9. The maximum atomic E-state index is 12.7. The molecule has 0 aliphatic carbocycles. The van der Waals surface area contributed by atoms with Gasteiger partial charge in [-0.3, -0.25) is 9.69 Å². The largest absolute Gasteiger partial charge is 0.326 e. The highest BCUT2D eigenvalue weighted by atomic mass is 32.2. The zero-order valence-corrected chi connectivity index (χ0v) is 16.8. The number of benzene rings is 2. The highest BCUT2D eigenvalue weighted by Crippen LogP contribution is 2.21. The van der Waals surface area contributed by atoms with Crippen LogP contribution in [-0.2, 0) is 14.8 Å². The predicted molar refractivity (Wildman–Crippen MR) is 108 cm³/mol. The Morgan fingerprint density at radius 2 is 1.59 bits per heavy atom. The second-order valence-corrected chi connectivity index (χ2v) is 7.97. The average Bonchev–Trinajstić information content (AvgIpc) is 2.66. The number of likely N-dealkylation sites (N-methyl/N-ethyl adjacent to an activating group) is 1. The number of nitrogens with zero attached hydrogens (tertiary/aromatic N) is 1. The molecule has 1 amide bonds. The van der Waals surface area contributed by atoms with Gasteiger partial charge in [-0.05, 0) is 42.9 Å². The van der Waals surface area contributed by atoms with Gasteiger partial charge in [-0.25, -0.2) is 13.1 Å². The van der Waals surface area contributed by atoms with Crippen LogP contribution in [0, 0.1) is 0 Å². The lowest BCUT2D eigenvalue weighted by molar-refractivity contribution is -0.114. The van der Waals surface area contributed by atoms with Crippen LogP contribution in [-0.4, -0.2) is 38.9 Å². The van der Waals surface area contributed by atoms with Crippen LogP contribution in [0.5, 0.6) is 0 Å². The van der Waals surface area contributed by atoms with Crippen LogP contribution in [0.3, 0.4) is 0 Å². The number of hydrogen-bond acceptors (Lipinski definition) is 4. The van der Waals surface area contributed by atoms with Crippen molar-refractivity contribution in [2.45, 2.75) is 31.7 Å². The molecule has 1 unspecified atom stereocenters. The lowest BCUT2D eigenvalue weighted by Crippen LogP contribution is -2.38. The van der Waals surface area contributed by atoms with Crippen LogP contribution in [0.2, 0.25) is 0 Å². The highest BCUT2D eigenvalue weighted by Gasteiger charge is 2.21. The van der Waals surface area contributed by atoms with E-state index in [0.717, 1.165) is 18.7 Å². The highest BCUT2D eigenvalue weighted by molar-refractivity contribution is 7.89. The topological polar surface area (TPSA) is 78.5 Å². The van der Waals surface area contributed by atoms with E-state index in [1.807, 2.05) is 30.3 Å². The van der Waals surface area contributed by atoms with E-state index in [-0.39, 0.29) is 23.4 Å². The molecule has 6 nitrogen and oxygen atoms in total. The summed E-state index contributed by atoms with van der Waals surface area (Å²) in [5, 5.41) is 2.62. The molecule has 0 saturated carbocycles. The molecular formula is C20H27N3O3S. The Labute approximate surface area is 161 Å². The summed E-state index contributed by atoms with van der Waals surface area (Å²) >= 11 is 0. The molecule has 0 aliphatic rings. The van der Waals surface area contributed by atoms with E-state index in [1.54, 1.807) is 12.1 Å². The van der Waals surface area contributed by atoms with E-state index in [0.29, 0.717) is 5.69 Å². The van der Waals surface area contributed by atoms with Crippen LogP contribution >= 0.6 is 0 Å². The molecule has 0 bridgehead atoms. The summed E-state index contributed by atoms with van der Waals surface area (Å²) in [6.07, 6.45) is 0. The van der Waals surface area contributed by atoms with Crippen LogP contribution in [0.25, 0.3) is 0 Å². The van der Waals surface area contributed by atoms with Gasteiger partial charge in [0.15, 0.2) is 0 Å². The van der Waals surface area contributed by atoms with Crippen molar-refractivity contribution in [3.05, 3.63) is 60.2 Å². The Kier molecular flexibility index (Phi) is 7.53.